The molecule has 0 bridgehead atoms. The van der Waals surface area contributed by atoms with Crippen LogP contribution >= 0.6 is 0 Å². The fourth-order valence-corrected chi connectivity index (χ4v) is 1.85. The molecule has 2 rings (SSSR count). The summed E-state index contributed by atoms with van der Waals surface area (Å²) in [6.07, 6.45) is 1.98. The van der Waals surface area contributed by atoms with Crippen molar-refractivity contribution in [2.45, 2.75) is 25.8 Å². The van der Waals surface area contributed by atoms with Crippen molar-refractivity contribution in [2.24, 2.45) is 5.73 Å². The third-order valence-corrected chi connectivity index (χ3v) is 2.71. The number of nitrogens with two attached hydrogens (primary N) is 1. The molecule has 1 aromatic heterocycles. The number of ether oxygens (including phenoxy) is 1. The molecule has 3 heteroatoms. The molecular weight excluding hydrogens is 202 g/mol. The van der Waals surface area contributed by atoms with Crippen molar-refractivity contribution in [1.82, 2.24) is 0 Å². The first-order valence-corrected chi connectivity index (χ1v) is 5.58. The molecule has 0 aliphatic rings. The number of rotatable bonds is 4. The van der Waals surface area contributed by atoms with Gasteiger partial charge in [0.25, 0.3) is 0 Å². The van der Waals surface area contributed by atoms with Crippen LogP contribution in [0.5, 0.6) is 5.75 Å². The fourth-order valence-electron chi connectivity index (χ4n) is 1.85. The Kier molecular flexibility index (Phi) is 3.15. The predicted octanol–water partition coefficient (Wildman–Crippen LogP) is 3.24. The third-order valence-electron chi connectivity index (χ3n) is 2.71. The zero-order valence-electron chi connectivity index (χ0n) is 9.69. The monoisotopic (exact) mass is 219 g/mol. The molecule has 0 unspecified atom stereocenters. The number of fused-ring (bicyclic) bond motifs is 1. The minimum absolute atomic E-state index is 0.0258. The highest BCUT2D eigenvalue weighted by Gasteiger charge is 2.13. The van der Waals surface area contributed by atoms with Crippen LogP contribution in [0.3, 0.4) is 0 Å². The summed E-state index contributed by atoms with van der Waals surface area (Å²) in [6.45, 7) is 2.11. The second-order valence-corrected chi connectivity index (χ2v) is 3.92. The van der Waals surface area contributed by atoms with E-state index in [-0.39, 0.29) is 6.04 Å². The van der Waals surface area contributed by atoms with Gasteiger partial charge in [-0.25, -0.2) is 0 Å². The van der Waals surface area contributed by atoms with E-state index in [1.165, 1.54) is 0 Å². The van der Waals surface area contributed by atoms with E-state index in [4.69, 9.17) is 14.9 Å². The van der Waals surface area contributed by atoms with Gasteiger partial charge >= 0.3 is 0 Å². The SMILES string of the molecule is CCC[C@@H](N)c1cc2cccc(OC)c2o1. The summed E-state index contributed by atoms with van der Waals surface area (Å²) >= 11 is 0. The average molecular weight is 219 g/mol. The molecule has 0 amide bonds. The molecule has 1 aromatic carbocycles. The summed E-state index contributed by atoms with van der Waals surface area (Å²) in [5.74, 6) is 1.59. The molecule has 0 radical (unpaired) electrons. The third kappa shape index (κ3) is 1.91. The molecule has 86 valence electrons. The number of hydrogen-bond donors (Lipinski definition) is 1. The first kappa shape index (κ1) is 11.0. The first-order chi connectivity index (χ1) is 7.76. The lowest BCUT2D eigenvalue weighted by Crippen LogP contribution is -2.08. The Bertz CT molecular complexity index is 476. The van der Waals surface area contributed by atoms with Crippen LogP contribution in [-0.2, 0) is 0 Å². The average Bonchev–Trinajstić information content (AvgIpc) is 2.72. The highest BCUT2D eigenvalue weighted by atomic mass is 16.5. The molecule has 16 heavy (non-hydrogen) atoms. The van der Waals surface area contributed by atoms with E-state index in [1.807, 2.05) is 24.3 Å². The molecular formula is C13H17NO2. The van der Waals surface area contributed by atoms with Crippen molar-refractivity contribution in [3.8, 4) is 5.75 Å². The maximum atomic E-state index is 6.03. The first-order valence-electron chi connectivity index (χ1n) is 5.58. The molecule has 2 aromatic rings. The molecule has 0 saturated carbocycles. The van der Waals surface area contributed by atoms with Crippen molar-refractivity contribution in [3.05, 3.63) is 30.0 Å². The van der Waals surface area contributed by atoms with Crippen LogP contribution in [0.25, 0.3) is 11.0 Å². The lowest BCUT2D eigenvalue weighted by molar-refractivity contribution is 0.402. The van der Waals surface area contributed by atoms with E-state index < -0.39 is 0 Å². The molecule has 0 aliphatic heterocycles. The fraction of sp³-hybridized carbons (Fsp3) is 0.385. The van der Waals surface area contributed by atoms with Crippen LogP contribution in [-0.4, -0.2) is 7.11 Å². The van der Waals surface area contributed by atoms with Crippen LogP contribution < -0.4 is 10.5 Å². The zero-order valence-corrected chi connectivity index (χ0v) is 9.69. The van der Waals surface area contributed by atoms with E-state index in [9.17, 15) is 0 Å². The Labute approximate surface area is 95.2 Å². The van der Waals surface area contributed by atoms with Crippen LogP contribution in [0.15, 0.2) is 28.7 Å². The molecule has 0 aliphatic carbocycles. The van der Waals surface area contributed by atoms with Crippen molar-refractivity contribution in [1.29, 1.82) is 0 Å². The molecule has 3 nitrogen and oxygen atoms in total. The predicted molar refractivity (Wildman–Crippen MR) is 64.6 cm³/mol. The van der Waals surface area contributed by atoms with Gasteiger partial charge in [0.1, 0.15) is 5.76 Å². The Morgan fingerprint density at radius 1 is 1.44 bits per heavy atom. The van der Waals surface area contributed by atoms with Gasteiger partial charge in [-0.15, -0.1) is 0 Å². The summed E-state index contributed by atoms with van der Waals surface area (Å²) in [5.41, 5.74) is 6.81. The van der Waals surface area contributed by atoms with E-state index in [0.29, 0.717) is 0 Å². The van der Waals surface area contributed by atoms with Crippen LogP contribution in [0.2, 0.25) is 0 Å². The Hall–Kier alpha value is -1.48. The molecule has 2 N–H and O–H groups in total. The molecule has 0 saturated heterocycles. The second kappa shape index (κ2) is 4.58. The van der Waals surface area contributed by atoms with E-state index in [2.05, 4.69) is 6.92 Å². The van der Waals surface area contributed by atoms with Crippen molar-refractivity contribution in [3.63, 3.8) is 0 Å². The van der Waals surface area contributed by atoms with E-state index in [1.54, 1.807) is 7.11 Å². The van der Waals surface area contributed by atoms with Crippen molar-refractivity contribution < 1.29 is 9.15 Å². The number of benzene rings is 1. The Morgan fingerprint density at radius 2 is 2.25 bits per heavy atom. The van der Waals surface area contributed by atoms with Crippen LogP contribution in [0, 0.1) is 0 Å². The molecule has 1 heterocycles. The van der Waals surface area contributed by atoms with E-state index in [0.717, 1.165) is 35.3 Å². The van der Waals surface area contributed by atoms with Gasteiger partial charge in [-0.05, 0) is 18.6 Å². The van der Waals surface area contributed by atoms with Gasteiger partial charge in [-0.1, -0.05) is 25.5 Å². The topological polar surface area (TPSA) is 48.4 Å². The number of furan rings is 1. The highest BCUT2D eigenvalue weighted by molar-refractivity contribution is 5.83. The lowest BCUT2D eigenvalue weighted by atomic mass is 10.1. The normalized spacial score (nSPS) is 12.9. The van der Waals surface area contributed by atoms with E-state index >= 15 is 0 Å². The minimum Gasteiger partial charge on any atom is -0.493 e. The summed E-state index contributed by atoms with van der Waals surface area (Å²) in [7, 11) is 1.64. The van der Waals surface area contributed by atoms with Crippen molar-refractivity contribution >= 4 is 11.0 Å². The number of methoxy groups -OCH3 is 1. The van der Waals surface area contributed by atoms with Crippen molar-refractivity contribution in [2.75, 3.05) is 7.11 Å². The largest absolute Gasteiger partial charge is 0.493 e. The molecule has 0 spiro atoms. The van der Waals surface area contributed by atoms with Crippen LogP contribution in [0.4, 0.5) is 0 Å². The zero-order chi connectivity index (χ0) is 11.5. The summed E-state index contributed by atoms with van der Waals surface area (Å²) in [6, 6.07) is 7.82. The minimum atomic E-state index is -0.0258. The van der Waals surface area contributed by atoms with Gasteiger partial charge in [0.15, 0.2) is 11.3 Å². The standard InChI is InChI=1S/C13H17NO2/c1-3-5-10(14)12-8-9-6-4-7-11(15-2)13(9)16-12/h4,6-8,10H,3,5,14H2,1-2H3/t10-/m1/s1. The number of hydrogen-bond acceptors (Lipinski definition) is 3. The summed E-state index contributed by atoms with van der Waals surface area (Å²) < 4.78 is 11.0. The Morgan fingerprint density at radius 3 is 2.94 bits per heavy atom. The summed E-state index contributed by atoms with van der Waals surface area (Å²) in [4.78, 5) is 0. The smallest absolute Gasteiger partial charge is 0.176 e. The molecule has 1 atom stereocenters. The van der Waals surface area contributed by atoms with Gasteiger partial charge in [0.05, 0.1) is 13.2 Å². The Balaban J connectivity index is 2.43. The highest BCUT2D eigenvalue weighted by Crippen LogP contribution is 2.31. The van der Waals surface area contributed by atoms with Gasteiger partial charge in [-0.3, -0.25) is 0 Å². The van der Waals surface area contributed by atoms with Crippen LogP contribution in [0.1, 0.15) is 31.6 Å². The van der Waals surface area contributed by atoms with Gasteiger partial charge in [-0.2, -0.15) is 0 Å². The lowest BCUT2D eigenvalue weighted by Gasteiger charge is -2.05. The van der Waals surface area contributed by atoms with Gasteiger partial charge in [0, 0.05) is 5.39 Å². The molecule has 0 fully saturated rings. The summed E-state index contributed by atoms with van der Waals surface area (Å²) in [5, 5.41) is 1.04. The van der Waals surface area contributed by atoms with Gasteiger partial charge < -0.3 is 14.9 Å². The quantitative estimate of drug-likeness (QED) is 0.858. The maximum Gasteiger partial charge on any atom is 0.176 e. The second-order valence-electron chi connectivity index (χ2n) is 3.92. The number of para-hydroxylation sites is 1. The maximum absolute atomic E-state index is 6.03. The van der Waals surface area contributed by atoms with Gasteiger partial charge in [0.2, 0.25) is 0 Å².